The quantitative estimate of drug-likeness (QED) is 0.657. The molecule has 0 heterocycles. The minimum atomic E-state index is -0.359. The Kier molecular flexibility index (Phi) is 7.70. The SMILES string of the molecule is CCCCCCc1ccc(C(O)CCCN)cc1. The van der Waals surface area contributed by atoms with E-state index >= 15 is 0 Å². The maximum Gasteiger partial charge on any atom is 0.0790 e. The van der Waals surface area contributed by atoms with Crippen LogP contribution in [0.25, 0.3) is 0 Å². The normalized spacial score (nSPS) is 12.6. The number of unbranched alkanes of at least 4 members (excludes halogenated alkanes) is 3. The summed E-state index contributed by atoms with van der Waals surface area (Å²) in [6.45, 7) is 2.88. The fourth-order valence-electron chi connectivity index (χ4n) is 2.14. The van der Waals surface area contributed by atoms with E-state index in [0.29, 0.717) is 6.54 Å². The summed E-state index contributed by atoms with van der Waals surface area (Å²) in [6, 6.07) is 8.40. The highest BCUT2D eigenvalue weighted by Gasteiger charge is 2.06. The van der Waals surface area contributed by atoms with Crippen molar-refractivity contribution in [2.24, 2.45) is 5.73 Å². The molecule has 0 saturated heterocycles. The van der Waals surface area contributed by atoms with Crippen LogP contribution in [0.4, 0.5) is 0 Å². The lowest BCUT2D eigenvalue weighted by Gasteiger charge is -2.11. The molecule has 0 aliphatic rings. The molecule has 0 radical (unpaired) electrons. The molecule has 3 N–H and O–H groups in total. The second kappa shape index (κ2) is 9.12. The summed E-state index contributed by atoms with van der Waals surface area (Å²) in [4.78, 5) is 0. The van der Waals surface area contributed by atoms with Crippen molar-refractivity contribution in [3.05, 3.63) is 35.4 Å². The van der Waals surface area contributed by atoms with Crippen LogP contribution < -0.4 is 5.73 Å². The standard InChI is InChI=1S/C16H27NO/c1-2-3-4-5-7-14-9-11-15(12-10-14)16(18)8-6-13-17/h9-12,16,18H,2-8,13,17H2,1H3. The topological polar surface area (TPSA) is 46.2 Å². The van der Waals surface area contributed by atoms with Crippen LogP contribution in [0.3, 0.4) is 0 Å². The highest BCUT2D eigenvalue weighted by molar-refractivity contribution is 5.24. The molecule has 0 aliphatic heterocycles. The first-order chi connectivity index (χ1) is 8.77. The number of benzene rings is 1. The Balaban J connectivity index is 2.37. The van der Waals surface area contributed by atoms with Crippen LogP contribution in [0.15, 0.2) is 24.3 Å². The number of hydrogen-bond donors (Lipinski definition) is 2. The van der Waals surface area contributed by atoms with Gasteiger partial charge in [0, 0.05) is 0 Å². The van der Waals surface area contributed by atoms with Gasteiger partial charge in [-0.1, -0.05) is 50.5 Å². The number of hydrogen-bond acceptors (Lipinski definition) is 2. The van der Waals surface area contributed by atoms with Crippen molar-refractivity contribution in [3.63, 3.8) is 0 Å². The molecule has 2 heteroatoms. The lowest BCUT2D eigenvalue weighted by Crippen LogP contribution is -2.03. The molecule has 0 aromatic heterocycles. The van der Waals surface area contributed by atoms with Crippen molar-refractivity contribution in [1.29, 1.82) is 0 Å². The molecule has 0 aliphatic carbocycles. The molecular weight excluding hydrogens is 222 g/mol. The Labute approximate surface area is 111 Å². The van der Waals surface area contributed by atoms with Gasteiger partial charge in [0.2, 0.25) is 0 Å². The Morgan fingerprint density at radius 1 is 1.06 bits per heavy atom. The summed E-state index contributed by atoms with van der Waals surface area (Å²) >= 11 is 0. The summed E-state index contributed by atoms with van der Waals surface area (Å²) in [5.41, 5.74) is 7.84. The van der Waals surface area contributed by atoms with Crippen LogP contribution in [0.2, 0.25) is 0 Å². The molecule has 0 fully saturated rings. The molecule has 1 rings (SSSR count). The van der Waals surface area contributed by atoms with Crippen molar-refractivity contribution in [3.8, 4) is 0 Å². The van der Waals surface area contributed by atoms with Crippen LogP contribution in [-0.4, -0.2) is 11.7 Å². The lowest BCUT2D eigenvalue weighted by atomic mass is 10.0. The molecular formula is C16H27NO. The molecule has 0 bridgehead atoms. The maximum atomic E-state index is 9.93. The molecule has 1 unspecified atom stereocenters. The van der Waals surface area contributed by atoms with E-state index in [1.807, 2.05) is 0 Å². The van der Waals surface area contributed by atoms with Gasteiger partial charge in [-0.25, -0.2) is 0 Å². The van der Waals surface area contributed by atoms with E-state index < -0.39 is 0 Å². The van der Waals surface area contributed by atoms with Gasteiger partial charge in [0.25, 0.3) is 0 Å². The maximum absolute atomic E-state index is 9.93. The zero-order chi connectivity index (χ0) is 13.2. The van der Waals surface area contributed by atoms with Gasteiger partial charge in [-0.15, -0.1) is 0 Å². The van der Waals surface area contributed by atoms with Crippen LogP contribution in [0.1, 0.15) is 62.7 Å². The van der Waals surface area contributed by atoms with E-state index in [4.69, 9.17) is 5.73 Å². The van der Waals surface area contributed by atoms with E-state index in [1.54, 1.807) is 0 Å². The molecule has 0 amide bonds. The summed E-state index contributed by atoms with van der Waals surface area (Å²) in [6.07, 6.45) is 7.62. The first kappa shape index (κ1) is 15.2. The van der Waals surface area contributed by atoms with Gasteiger partial charge in [-0.3, -0.25) is 0 Å². The molecule has 1 aromatic carbocycles. The minimum absolute atomic E-state index is 0.359. The van der Waals surface area contributed by atoms with Gasteiger partial charge in [-0.2, -0.15) is 0 Å². The van der Waals surface area contributed by atoms with E-state index in [1.165, 1.54) is 31.2 Å². The summed E-state index contributed by atoms with van der Waals surface area (Å²) < 4.78 is 0. The van der Waals surface area contributed by atoms with Gasteiger partial charge in [0.15, 0.2) is 0 Å². The van der Waals surface area contributed by atoms with Crippen molar-refractivity contribution in [2.45, 2.75) is 58.0 Å². The van der Waals surface area contributed by atoms with Gasteiger partial charge in [0.1, 0.15) is 0 Å². The van der Waals surface area contributed by atoms with Crippen molar-refractivity contribution in [2.75, 3.05) is 6.54 Å². The Morgan fingerprint density at radius 3 is 2.39 bits per heavy atom. The van der Waals surface area contributed by atoms with Crippen molar-refractivity contribution >= 4 is 0 Å². The van der Waals surface area contributed by atoms with Gasteiger partial charge in [-0.05, 0) is 43.4 Å². The van der Waals surface area contributed by atoms with E-state index in [-0.39, 0.29) is 6.10 Å². The predicted octanol–water partition coefficient (Wildman–Crippen LogP) is 3.58. The predicted molar refractivity (Wildman–Crippen MR) is 77.5 cm³/mol. The first-order valence-electron chi connectivity index (χ1n) is 7.25. The molecule has 1 atom stereocenters. The molecule has 0 spiro atoms. The molecule has 1 aromatic rings. The average Bonchev–Trinajstić information content (AvgIpc) is 2.41. The smallest absolute Gasteiger partial charge is 0.0790 e. The summed E-state index contributed by atoms with van der Waals surface area (Å²) in [5.74, 6) is 0. The number of aryl methyl sites for hydroxylation is 1. The molecule has 18 heavy (non-hydrogen) atoms. The third kappa shape index (κ3) is 5.65. The van der Waals surface area contributed by atoms with E-state index in [9.17, 15) is 5.11 Å². The van der Waals surface area contributed by atoms with Crippen molar-refractivity contribution < 1.29 is 5.11 Å². The number of aliphatic hydroxyl groups is 1. The third-order valence-corrected chi connectivity index (χ3v) is 3.37. The van der Waals surface area contributed by atoms with Gasteiger partial charge in [0.05, 0.1) is 6.10 Å². The fraction of sp³-hybridized carbons (Fsp3) is 0.625. The Morgan fingerprint density at radius 2 is 1.78 bits per heavy atom. The molecule has 102 valence electrons. The third-order valence-electron chi connectivity index (χ3n) is 3.37. The van der Waals surface area contributed by atoms with Gasteiger partial charge >= 0.3 is 0 Å². The molecule has 0 saturated carbocycles. The van der Waals surface area contributed by atoms with Crippen LogP contribution in [-0.2, 0) is 6.42 Å². The average molecular weight is 249 g/mol. The van der Waals surface area contributed by atoms with E-state index in [2.05, 4.69) is 31.2 Å². The number of aliphatic hydroxyl groups excluding tert-OH is 1. The van der Waals surface area contributed by atoms with Crippen LogP contribution >= 0.6 is 0 Å². The van der Waals surface area contributed by atoms with Crippen LogP contribution in [0, 0.1) is 0 Å². The Bertz CT molecular complexity index is 307. The second-order valence-corrected chi connectivity index (χ2v) is 5.00. The first-order valence-corrected chi connectivity index (χ1v) is 7.25. The lowest BCUT2D eigenvalue weighted by molar-refractivity contribution is 0.165. The second-order valence-electron chi connectivity index (χ2n) is 5.00. The number of nitrogens with two attached hydrogens (primary N) is 1. The zero-order valence-corrected chi connectivity index (χ0v) is 11.6. The van der Waals surface area contributed by atoms with Crippen molar-refractivity contribution in [1.82, 2.24) is 0 Å². The minimum Gasteiger partial charge on any atom is -0.388 e. The monoisotopic (exact) mass is 249 g/mol. The fourth-order valence-corrected chi connectivity index (χ4v) is 2.14. The van der Waals surface area contributed by atoms with Gasteiger partial charge < -0.3 is 10.8 Å². The highest BCUT2D eigenvalue weighted by atomic mass is 16.3. The summed E-state index contributed by atoms with van der Waals surface area (Å²) in [5, 5.41) is 9.93. The zero-order valence-electron chi connectivity index (χ0n) is 11.6. The summed E-state index contributed by atoms with van der Waals surface area (Å²) in [7, 11) is 0. The number of rotatable bonds is 9. The van der Waals surface area contributed by atoms with Crippen LogP contribution in [0.5, 0.6) is 0 Å². The Hall–Kier alpha value is -0.860. The highest BCUT2D eigenvalue weighted by Crippen LogP contribution is 2.19. The largest absolute Gasteiger partial charge is 0.388 e. The molecule has 2 nitrogen and oxygen atoms in total. The van der Waals surface area contributed by atoms with E-state index in [0.717, 1.165) is 24.8 Å².